The molecule has 3 nitrogen and oxygen atoms in total. The van der Waals surface area contributed by atoms with Gasteiger partial charge in [-0.3, -0.25) is 9.78 Å². The number of aromatic nitrogens is 1. The summed E-state index contributed by atoms with van der Waals surface area (Å²) in [6, 6.07) is 12.1. The SMILES string of the molecule is O=C(c1ccc(C(F)(F)F)nc1)N1CCCCC(c2ccccc2)C1. The van der Waals surface area contributed by atoms with Gasteiger partial charge in [0, 0.05) is 25.2 Å². The third-order valence-electron chi connectivity index (χ3n) is 4.53. The van der Waals surface area contributed by atoms with Gasteiger partial charge in [0.15, 0.2) is 0 Å². The van der Waals surface area contributed by atoms with Gasteiger partial charge in [0.05, 0.1) is 5.56 Å². The van der Waals surface area contributed by atoms with Crippen molar-refractivity contribution >= 4 is 5.91 Å². The van der Waals surface area contributed by atoms with Crippen LogP contribution in [0.3, 0.4) is 0 Å². The Labute approximate surface area is 144 Å². The van der Waals surface area contributed by atoms with E-state index in [1.807, 2.05) is 18.2 Å². The zero-order valence-electron chi connectivity index (χ0n) is 13.7. The first-order valence-corrected chi connectivity index (χ1v) is 8.32. The molecule has 0 radical (unpaired) electrons. The average molecular weight is 348 g/mol. The molecular weight excluding hydrogens is 329 g/mol. The van der Waals surface area contributed by atoms with E-state index in [0.29, 0.717) is 13.1 Å². The van der Waals surface area contributed by atoms with Crippen LogP contribution >= 0.6 is 0 Å². The highest BCUT2D eigenvalue weighted by molar-refractivity contribution is 5.94. The van der Waals surface area contributed by atoms with Crippen LogP contribution in [0.15, 0.2) is 48.7 Å². The Morgan fingerprint density at radius 3 is 2.48 bits per heavy atom. The minimum absolute atomic E-state index is 0.196. The Bertz CT molecular complexity index is 714. The monoisotopic (exact) mass is 348 g/mol. The van der Waals surface area contributed by atoms with Crippen molar-refractivity contribution in [2.45, 2.75) is 31.4 Å². The lowest BCUT2D eigenvalue weighted by atomic mass is 9.94. The summed E-state index contributed by atoms with van der Waals surface area (Å²) in [5.41, 5.74) is 0.400. The maximum absolute atomic E-state index is 12.7. The maximum atomic E-state index is 12.7. The molecule has 0 bridgehead atoms. The number of nitrogens with zero attached hydrogens (tertiary/aromatic N) is 2. The molecule has 25 heavy (non-hydrogen) atoms. The summed E-state index contributed by atoms with van der Waals surface area (Å²) in [5, 5.41) is 0. The molecule has 1 aliphatic rings. The molecule has 1 atom stereocenters. The first kappa shape index (κ1) is 17.5. The zero-order valence-corrected chi connectivity index (χ0v) is 13.7. The van der Waals surface area contributed by atoms with Gasteiger partial charge >= 0.3 is 6.18 Å². The van der Waals surface area contributed by atoms with Crippen LogP contribution in [0.25, 0.3) is 0 Å². The van der Waals surface area contributed by atoms with Crippen molar-refractivity contribution < 1.29 is 18.0 Å². The van der Waals surface area contributed by atoms with Gasteiger partial charge in [-0.1, -0.05) is 36.8 Å². The second-order valence-electron chi connectivity index (χ2n) is 6.28. The predicted molar refractivity (Wildman–Crippen MR) is 88.2 cm³/mol. The highest BCUT2D eigenvalue weighted by Gasteiger charge is 2.32. The van der Waals surface area contributed by atoms with E-state index in [4.69, 9.17) is 0 Å². The molecule has 1 aromatic carbocycles. The molecule has 1 unspecified atom stereocenters. The Morgan fingerprint density at radius 2 is 1.84 bits per heavy atom. The van der Waals surface area contributed by atoms with Gasteiger partial charge in [0.25, 0.3) is 5.91 Å². The van der Waals surface area contributed by atoms with Crippen molar-refractivity contribution in [2.24, 2.45) is 0 Å². The molecule has 1 aromatic heterocycles. The van der Waals surface area contributed by atoms with Gasteiger partial charge in [0.2, 0.25) is 0 Å². The smallest absolute Gasteiger partial charge is 0.338 e. The number of amides is 1. The van der Waals surface area contributed by atoms with Crippen molar-refractivity contribution in [2.75, 3.05) is 13.1 Å². The number of alkyl halides is 3. The summed E-state index contributed by atoms with van der Waals surface area (Å²) in [6.07, 6.45) is -0.563. The van der Waals surface area contributed by atoms with Crippen LogP contribution in [0.1, 0.15) is 46.8 Å². The number of hydrogen-bond acceptors (Lipinski definition) is 2. The number of carbonyl (C=O) groups is 1. The van der Waals surface area contributed by atoms with Crippen molar-refractivity contribution in [3.05, 3.63) is 65.5 Å². The van der Waals surface area contributed by atoms with Crippen LogP contribution in [-0.4, -0.2) is 28.9 Å². The molecule has 0 aliphatic carbocycles. The molecule has 132 valence electrons. The van der Waals surface area contributed by atoms with Crippen molar-refractivity contribution in [3.63, 3.8) is 0 Å². The summed E-state index contributed by atoms with van der Waals surface area (Å²) >= 11 is 0. The standard InChI is InChI=1S/C19H19F3N2O/c20-19(21,22)17-10-9-15(12-23-17)18(25)24-11-5-4-8-16(13-24)14-6-2-1-3-7-14/h1-3,6-7,9-10,12,16H,4-5,8,11,13H2. The molecule has 3 rings (SSSR count). The van der Waals surface area contributed by atoms with Crippen LogP contribution in [0.5, 0.6) is 0 Å². The Kier molecular flexibility index (Phi) is 5.06. The van der Waals surface area contributed by atoms with E-state index in [2.05, 4.69) is 17.1 Å². The third-order valence-corrected chi connectivity index (χ3v) is 4.53. The summed E-state index contributed by atoms with van der Waals surface area (Å²) in [5.74, 6) is -0.0147. The minimum Gasteiger partial charge on any atom is -0.338 e. The van der Waals surface area contributed by atoms with E-state index < -0.39 is 11.9 Å². The molecule has 0 spiro atoms. The third kappa shape index (κ3) is 4.18. The molecule has 0 saturated carbocycles. The molecule has 1 saturated heterocycles. The van der Waals surface area contributed by atoms with E-state index in [-0.39, 0.29) is 17.4 Å². The highest BCUT2D eigenvalue weighted by Crippen LogP contribution is 2.29. The molecular formula is C19H19F3N2O. The molecule has 0 N–H and O–H groups in total. The molecule has 1 amide bonds. The molecule has 2 aromatic rings. The summed E-state index contributed by atoms with van der Waals surface area (Å²) in [7, 11) is 0. The first-order chi connectivity index (χ1) is 11.9. The number of carbonyl (C=O) groups excluding carboxylic acids is 1. The number of hydrogen-bond donors (Lipinski definition) is 0. The van der Waals surface area contributed by atoms with E-state index in [1.54, 1.807) is 4.90 Å². The van der Waals surface area contributed by atoms with Gasteiger partial charge in [-0.05, 0) is 30.5 Å². The van der Waals surface area contributed by atoms with Gasteiger partial charge in [0.1, 0.15) is 5.69 Å². The Morgan fingerprint density at radius 1 is 1.08 bits per heavy atom. The Hall–Kier alpha value is -2.37. The van der Waals surface area contributed by atoms with Crippen LogP contribution in [0, 0.1) is 0 Å². The fourth-order valence-corrected chi connectivity index (χ4v) is 3.19. The van der Waals surface area contributed by atoms with E-state index in [0.717, 1.165) is 31.5 Å². The topological polar surface area (TPSA) is 33.2 Å². The molecule has 1 aliphatic heterocycles. The second kappa shape index (κ2) is 7.25. The maximum Gasteiger partial charge on any atom is 0.433 e. The highest BCUT2D eigenvalue weighted by atomic mass is 19.4. The average Bonchev–Trinajstić information content (AvgIpc) is 2.87. The van der Waals surface area contributed by atoms with Crippen molar-refractivity contribution in [1.29, 1.82) is 0 Å². The number of halogens is 3. The molecule has 1 fully saturated rings. The van der Waals surface area contributed by atoms with Crippen molar-refractivity contribution in [3.8, 4) is 0 Å². The normalized spacial score (nSPS) is 18.7. The van der Waals surface area contributed by atoms with E-state index in [9.17, 15) is 18.0 Å². The van der Waals surface area contributed by atoms with Gasteiger partial charge in [-0.15, -0.1) is 0 Å². The predicted octanol–water partition coefficient (Wildman–Crippen LogP) is 4.51. The summed E-state index contributed by atoms with van der Waals surface area (Å²) in [4.78, 5) is 17.8. The number of rotatable bonds is 2. The Balaban J connectivity index is 1.76. The summed E-state index contributed by atoms with van der Waals surface area (Å²) < 4.78 is 37.8. The van der Waals surface area contributed by atoms with Crippen molar-refractivity contribution in [1.82, 2.24) is 9.88 Å². The molecule has 6 heteroatoms. The fraction of sp³-hybridized carbons (Fsp3) is 0.368. The summed E-state index contributed by atoms with van der Waals surface area (Å²) in [6.45, 7) is 1.19. The van der Waals surface area contributed by atoms with E-state index in [1.165, 1.54) is 11.6 Å². The van der Waals surface area contributed by atoms with E-state index >= 15 is 0 Å². The van der Waals surface area contributed by atoms with Crippen LogP contribution in [0.2, 0.25) is 0 Å². The zero-order chi connectivity index (χ0) is 17.9. The molecule has 2 heterocycles. The number of likely N-dealkylation sites (tertiary alicyclic amines) is 1. The van der Waals surface area contributed by atoms with Gasteiger partial charge in [-0.25, -0.2) is 0 Å². The van der Waals surface area contributed by atoms with Crippen LogP contribution in [0.4, 0.5) is 13.2 Å². The fourth-order valence-electron chi connectivity index (χ4n) is 3.19. The second-order valence-corrected chi connectivity index (χ2v) is 6.28. The van der Waals surface area contributed by atoms with Crippen LogP contribution < -0.4 is 0 Å². The first-order valence-electron chi connectivity index (χ1n) is 8.32. The largest absolute Gasteiger partial charge is 0.433 e. The lowest BCUT2D eigenvalue weighted by molar-refractivity contribution is -0.141. The number of pyridine rings is 1. The number of benzene rings is 1. The van der Waals surface area contributed by atoms with Crippen LogP contribution in [-0.2, 0) is 6.18 Å². The quantitative estimate of drug-likeness (QED) is 0.800. The lowest BCUT2D eigenvalue weighted by Crippen LogP contribution is -2.34. The minimum atomic E-state index is -4.50. The lowest BCUT2D eigenvalue weighted by Gasteiger charge is -2.25. The van der Waals surface area contributed by atoms with Gasteiger partial charge in [-0.2, -0.15) is 13.2 Å². The van der Waals surface area contributed by atoms with Gasteiger partial charge < -0.3 is 4.90 Å².